The Morgan fingerprint density at radius 2 is 1.57 bits per heavy atom. The summed E-state index contributed by atoms with van der Waals surface area (Å²) in [6.07, 6.45) is 1.58. The summed E-state index contributed by atoms with van der Waals surface area (Å²) < 4.78 is 26.5. The monoisotopic (exact) mass is 323 g/mol. The summed E-state index contributed by atoms with van der Waals surface area (Å²) in [5.74, 6) is 0.0226. The molecule has 2 rings (SSSR count). The molecule has 2 aromatic carbocycles. The van der Waals surface area contributed by atoms with Gasteiger partial charge in [0.2, 0.25) is 10.0 Å². The quantitative estimate of drug-likeness (QED) is 0.794. The highest BCUT2D eigenvalue weighted by atomic mass is 35.5. The van der Waals surface area contributed by atoms with E-state index >= 15 is 0 Å². The molecule has 0 saturated heterocycles. The molecule has 0 radical (unpaired) electrons. The average Bonchev–Trinajstić information content (AvgIpc) is 2.46. The van der Waals surface area contributed by atoms with Gasteiger partial charge in [-0.25, -0.2) is 13.1 Å². The van der Waals surface area contributed by atoms with Gasteiger partial charge in [-0.3, -0.25) is 0 Å². The van der Waals surface area contributed by atoms with Gasteiger partial charge in [0.25, 0.3) is 0 Å². The molecule has 1 N–H and O–H groups in total. The summed E-state index contributed by atoms with van der Waals surface area (Å²) in [6.45, 7) is 0.442. The van der Waals surface area contributed by atoms with E-state index in [1.807, 2.05) is 54.6 Å². The maximum absolute atomic E-state index is 11.9. The maximum Gasteiger partial charge on any atom is 0.215 e. The number of benzene rings is 2. The van der Waals surface area contributed by atoms with E-state index in [0.29, 0.717) is 11.6 Å². The Balaban J connectivity index is 1.76. The average molecular weight is 324 g/mol. The van der Waals surface area contributed by atoms with Crippen molar-refractivity contribution >= 4 is 21.6 Å². The van der Waals surface area contributed by atoms with Gasteiger partial charge in [0.05, 0.1) is 5.75 Å². The fourth-order valence-electron chi connectivity index (χ4n) is 2.02. The Labute approximate surface area is 131 Å². The molecule has 0 spiro atoms. The van der Waals surface area contributed by atoms with Crippen molar-refractivity contribution in [2.75, 3.05) is 6.54 Å². The summed E-state index contributed by atoms with van der Waals surface area (Å²) in [6, 6.07) is 16.8. The van der Waals surface area contributed by atoms with Gasteiger partial charge in [0.15, 0.2) is 0 Å². The lowest BCUT2D eigenvalue weighted by molar-refractivity contribution is 0.578. The first-order valence-electron chi connectivity index (χ1n) is 6.81. The lowest BCUT2D eigenvalue weighted by atomic mass is 10.1. The molecule has 3 nitrogen and oxygen atoms in total. The highest BCUT2D eigenvalue weighted by Gasteiger charge is 2.10. The Bertz CT molecular complexity index is 654. The van der Waals surface area contributed by atoms with Crippen molar-refractivity contribution < 1.29 is 8.42 Å². The van der Waals surface area contributed by atoms with Crippen LogP contribution < -0.4 is 4.72 Å². The molecule has 0 saturated carbocycles. The molecule has 0 heterocycles. The summed E-state index contributed by atoms with van der Waals surface area (Å²) in [4.78, 5) is 0. The summed E-state index contributed by atoms with van der Waals surface area (Å²) in [5.41, 5.74) is 1.95. The highest BCUT2D eigenvalue weighted by molar-refractivity contribution is 7.88. The van der Waals surface area contributed by atoms with Crippen LogP contribution in [0.3, 0.4) is 0 Å². The van der Waals surface area contributed by atoms with Crippen LogP contribution in [0, 0.1) is 0 Å². The second kappa shape index (κ2) is 7.59. The SMILES string of the molecule is O=S(=O)(Cc1ccccc1)NCCCc1ccc(Cl)cc1. The van der Waals surface area contributed by atoms with E-state index in [-0.39, 0.29) is 5.75 Å². The number of rotatable bonds is 7. The zero-order valence-corrected chi connectivity index (χ0v) is 13.2. The Hall–Kier alpha value is -1.36. The van der Waals surface area contributed by atoms with Crippen molar-refractivity contribution in [3.05, 3.63) is 70.7 Å². The van der Waals surface area contributed by atoms with E-state index in [2.05, 4.69) is 4.72 Å². The second-order valence-electron chi connectivity index (χ2n) is 4.87. The van der Waals surface area contributed by atoms with Crippen LogP contribution in [-0.2, 0) is 22.2 Å². The van der Waals surface area contributed by atoms with Gasteiger partial charge < -0.3 is 0 Å². The topological polar surface area (TPSA) is 46.2 Å². The van der Waals surface area contributed by atoms with Crippen LogP contribution in [0.15, 0.2) is 54.6 Å². The van der Waals surface area contributed by atoms with Gasteiger partial charge in [-0.1, -0.05) is 54.1 Å². The second-order valence-corrected chi connectivity index (χ2v) is 7.11. The molecule has 0 bridgehead atoms. The van der Waals surface area contributed by atoms with Crippen LogP contribution in [-0.4, -0.2) is 15.0 Å². The van der Waals surface area contributed by atoms with Crippen molar-refractivity contribution in [3.8, 4) is 0 Å². The molecule has 0 amide bonds. The lowest BCUT2D eigenvalue weighted by Crippen LogP contribution is -2.26. The van der Waals surface area contributed by atoms with Crippen molar-refractivity contribution in [2.45, 2.75) is 18.6 Å². The zero-order chi connectivity index (χ0) is 15.1. The normalized spacial score (nSPS) is 11.5. The summed E-state index contributed by atoms with van der Waals surface area (Å²) in [5, 5.41) is 0.710. The highest BCUT2D eigenvalue weighted by Crippen LogP contribution is 2.11. The number of halogens is 1. The molecule has 0 unspecified atom stereocenters. The molecule has 0 aliphatic heterocycles. The predicted molar refractivity (Wildman–Crippen MR) is 86.8 cm³/mol. The lowest BCUT2D eigenvalue weighted by Gasteiger charge is -2.07. The summed E-state index contributed by atoms with van der Waals surface area (Å²) >= 11 is 5.82. The van der Waals surface area contributed by atoms with E-state index < -0.39 is 10.0 Å². The minimum absolute atomic E-state index is 0.0226. The van der Waals surface area contributed by atoms with Crippen LogP contribution >= 0.6 is 11.6 Å². The fourth-order valence-corrected chi connectivity index (χ4v) is 3.33. The molecule has 2 aromatic rings. The third-order valence-corrected chi connectivity index (χ3v) is 4.69. The minimum atomic E-state index is -3.27. The number of hydrogen-bond acceptors (Lipinski definition) is 2. The standard InChI is InChI=1S/C16H18ClNO2S/c17-16-10-8-14(9-11-16)7-4-12-18-21(19,20)13-15-5-2-1-3-6-15/h1-3,5-6,8-11,18H,4,7,12-13H2. The largest absolute Gasteiger partial charge is 0.215 e. The summed E-state index contributed by atoms with van der Waals surface area (Å²) in [7, 11) is -3.27. The van der Waals surface area contributed by atoms with Crippen molar-refractivity contribution in [1.82, 2.24) is 4.72 Å². The van der Waals surface area contributed by atoms with Crippen molar-refractivity contribution in [2.24, 2.45) is 0 Å². The van der Waals surface area contributed by atoms with E-state index in [9.17, 15) is 8.42 Å². The fraction of sp³-hybridized carbons (Fsp3) is 0.250. The number of sulfonamides is 1. The molecular weight excluding hydrogens is 306 g/mol. The molecule has 21 heavy (non-hydrogen) atoms. The van der Waals surface area contributed by atoms with Gasteiger partial charge in [-0.05, 0) is 36.1 Å². The van der Waals surface area contributed by atoms with Crippen LogP contribution in [0.1, 0.15) is 17.5 Å². The first kappa shape index (κ1) is 16.0. The van der Waals surface area contributed by atoms with E-state index in [4.69, 9.17) is 11.6 Å². The third kappa shape index (κ3) is 5.87. The van der Waals surface area contributed by atoms with E-state index in [1.165, 1.54) is 0 Å². The van der Waals surface area contributed by atoms with Gasteiger partial charge in [0.1, 0.15) is 0 Å². The van der Waals surface area contributed by atoms with Crippen molar-refractivity contribution in [1.29, 1.82) is 0 Å². The van der Waals surface area contributed by atoms with Gasteiger partial charge in [-0.2, -0.15) is 0 Å². The number of hydrogen-bond donors (Lipinski definition) is 1. The zero-order valence-electron chi connectivity index (χ0n) is 11.6. The minimum Gasteiger partial charge on any atom is -0.215 e. The predicted octanol–water partition coefficient (Wildman–Crippen LogP) is 3.39. The molecular formula is C16H18ClNO2S. The Kier molecular flexibility index (Phi) is 5.79. The smallest absolute Gasteiger partial charge is 0.215 e. The Morgan fingerprint density at radius 1 is 0.905 bits per heavy atom. The molecule has 0 aliphatic rings. The Morgan fingerprint density at radius 3 is 2.24 bits per heavy atom. The molecule has 5 heteroatoms. The molecule has 112 valence electrons. The molecule has 0 fully saturated rings. The molecule has 0 atom stereocenters. The first-order valence-corrected chi connectivity index (χ1v) is 8.84. The van der Waals surface area contributed by atoms with Gasteiger partial charge >= 0.3 is 0 Å². The van der Waals surface area contributed by atoms with Crippen LogP contribution in [0.25, 0.3) is 0 Å². The van der Waals surface area contributed by atoms with Crippen molar-refractivity contribution in [3.63, 3.8) is 0 Å². The molecule has 0 aliphatic carbocycles. The third-order valence-electron chi connectivity index (χ3n) is 3.08. The maximum atomic E-state index is 11.9. The first-order chi connectivity index (χ1) is 10.1. The number of aryl methyl sites for hydroxylation is 1. The molecule has 0 aromatic heterocycles. The van der Waals surface area contributed by atoms with Gasteiger partial charge in [-0.15, -0.1) is 0 Å². The van der Waals surface area contributed by atoms with Crippen LogP contribution in [0.5, 0.6) is 0 Å². The van der Waals surface area contributed by atoms with Crippen LogP contribution in [0.4, 0.5) is 0 Å². The van der Waals surface area contributed by atoms with Gasteiger partial charge in [0, 0.05) is 11.6 Å². The number of nitrogens with one attached hydrogen (secondary N) is 1. The van der Waals surface area contributed by atoms with Crippen LogP contribution in [0.2, 0.25) is 5.02 Å². The van der Waals surface area contributed by atoms with E-state index in [0.717, 1.165) is 24.0 Å². The van der Waals surface area contributed by atoms with E-state index in [1.54, 1.807) is 0 Å².